The van der Waals surface area contributed by atoms with Gasteiger partial charge in [0.05, 0.1) is 33.9 Å². The first-order chi connectivity index (χ1) is 15.1. The van der Waals surface area contributed by atoms with Crippen LogP contribution in [-0.2, 0) is 11.3 Å². The summed E-state index contributed by atoms with van der Waals surface area (Å²) in [7, 11) is 0. The number of non-ortho nitro benzene ring substituents is 1. The number of rotatable bonds is 4. The standard InChI is InChI=1S/C23H16N4O3S/c28-22-14-31-23(24-15-9-11-16(12-10-15)27(29)30)26(22)13-19-17-5-1-3-7-20(17)25-21-8-4-2-6-18(19)21/h1-12H,13-14H2. The smallest absolute Gasteiger partial charge is 0.269 e. The third-order valence-corrected chi connectivity index (χ3v) is 6.12. The first-order valence-corrected chi connectivity index (χ1v) is 10.6. The molecule has 0 aliphatic carbocycles. The highest BCUT2D eigenvalue weighted by Gasteiger charge is 2.29. The van der Waals surface area contributed by atoms with Crippen molar-refractivity contribution in [3.63, 3.8) is 0 Å². The maximum atomic E-state index is 12.7. The summed E-state index contributed by atoms with van der Waals surface area (Å²) in [5, 5.41) is 13.5. The van der Waals surface area contributed by atoms with E-state index in [1.165, 1.54) is 23.9 Å². The molecule has 152 valence electrons. The minimum absolute atomic E-state index is 0.00526. The van der Waals surface area contributed by atoms with Gasteiger partial charge in [0.25, 0.3) is 5.69 Å². The van der Waals surface area contributed by atoms with Crippen molar-refractivity contribution in [2.45, 2.75) is 6.54 Å². The molecular weight excluding hydrogens is 412 g/mol. The first kappa shape index (κ1) is 19.2. The number of amides is 1. The number of benzene rings is 3. The number of aromatic nitrogens is 1. The number of nitro groups is 1. The number of hydrogen-bond acceptors (Lipinski definition) is 6. The lowest BCUT2D eigenvalue weighted by Gasteiger charge is -2.19. The van der Waals surface area contributed by atoms with E-state index in [0.717, 1.165) is 27.4 Å². The Balaban J connectivity index is 1.57. The number of fused-ring (bicyclic) bond motifs is 2. The average Bonchev–Trinajstić information content (AvgIpc) is 3.13. The molecule has 4 aromatic rings. The summed E-state index contributed by atoms with van der Waals surface area (Å²) in [6.45, 7) is 0.376. The van der Waals surface area contributed by atoms with E-state index in [2.05, 4.69) is 4.99 Å². The summed E-state index contributed by atoms with van der Waals surface area (Å²) >= 11 is 1.37. The quantitative estimate of drug-likeness (QED) is 0.258. The maximum absolute atomic E-state index is 12.7. The third kappa shape index (κ3) is 3.62. The molecule has 0 radical (unpaired) electrons. The van der Waals surface area contributed by atoms with Crippen molar-refractivity contribution in [1.82, 2.24) is 9.88 Å². The fourth-order valence-corrected chi connectivity index (χ4v) is 4.55. The Kier molecular flexibility index (Phi) is 4.83. The molecule has 1 aliphatic heterocycles. The van der Waals surface area contributed by atoms with E-state index in [1.54, 1.807) is 17.0 Å². The van der Waals surface area contributed by atoms with Gasteiger partial charge in [-0.25, -0.2) is 9.98 Å². The lowest BCUT2D eigenvalue weighted by atomic mass is 10.0. The second-order valence-electron chi connectivity index (χ2n) is 7.06. The molecule has 0 bridgehead atoms. The molecule has 3 aromatic carbocycles. The summed E-state index contributed by atoms with van der Waals surface area (Å²) < 4.78 is 0. The van der Waals surface area contributed by atoms with E-state index in [0.29, 0.717) is 23.2 Å². The van der Waals surface area contributed by atoms with Crippen LogP contribution in [0.1, 0.15) is 5.56 Å². The van der Waals surface area contributed by atoms with Gasteiger partial charge in [0.1, 0.15) is 0 Å². The van der Waals surface area contributed by atoms with Crippen molar-refractivity contribution >= 4 is 56.0 Å². The van der Waals surface area contributed by atoms with E-state index in [4.69, 9.17) is 4.98 Å². The number of pyridine rings is 1. The Morgan fingerprint density at radius 1 is 0.968 bits per heavy atom. The first-order valence-electron chi connectivity index (χ1n) is 9.63. The number of hydrogen-bond donors (Lipinski definition) is 0. The molecule has 0 saturated carbocycles. The number of nitro benzene ring substituents is 1. The topological polar surface area (TPSA) is 88.7 Å². The molecule has 0 unspecified atom stereocenters. The van der Waals surface area contributed by atoms with Crippen LogP contribution in [0.4, 0.5) is 11.4 Å². The lowest BCUT2D eigenvalue weighted by molar-refractivity contribution is -0.384. The zero-order valence-corrected chi connectivity index (χ0v) is 17.1. The van der Waals surface area contributed by atoms with Crippen LogP contribution in [0.5, 0.6) is 0 Å². The van der Waals surface area contributed by atoms with Gasteiger partial charge in [-0.2, -0.15) is 0 Å². The Morgan fingerprint density at radius 3 is 2.19 bits per heavy atom. The summed E-state index contributed by atoms with van der Waals surface area (Å²) in [6, 6.07) is 21.8. The summed E-state index contributed by atoms with van der Waals surface area (Å²) in [6.07, 6.45) is 0. The van der Waals surface area contributed by atoms with Crippen molar-refractivity contribution in [1.29, 1.82) is 0 Å². The van der Waals surface area contributed by atoms with Gasteiger partial charge in [-0.1, -0.05) is 48.2 Å². The van der Waals surface area contributed by atoms with E-state index in [9.17, 15) is 14.9 Å². The molecule has 1 fully saturated rings. The zero-order valence-electron chi connectivity index (χ0n) is 16.3. The minimum Gasteiger partial charge on any atom is -0.286 e. The number of carbonyl (C=O) groups is 1. The number of aliphatic imine (C=N–C) groups is 1. The number of para-hydroxylation sites is 2. The van der Waals surface area contributed by atoms with Crippen LogP contribution in [0.2, 0.25) is 0 Å². The molecule has 7 nitrogen and oxygen atoms in total. The van der Waals surface area contributed by atoms with E-state index in [1.807, 2.05) is 48.5 Å². The van der Waals surface area contributed by atoms with Crippen LogP contribution in [-0.4, -0.2) is 31.6 Å². The number of nitrogens with zero attached hydrogens (tertiary/aromatic N) is 4. The van der Waals surface area contributed by atoms with Crippen LogP contribution in [0.15, 0.2) is 77.8 Å². The highest BCUT2D eigenvalue weighted by Crippen LogP contribution is 2.31. The van der Waals surface area contributed by atoms with Gasteiger partial charge in [-0.3, -0.25) is 19.8 Å². The van der Waals surface area contributed by atoms with Crippen molar-refractivity contribution in [2.24, 2.45) is 4.99 Å². The molecule has 0 N–H and O–H groups in total. The Hall–Kier alpha value is -3.78. The molecule has 2 heterocycles. The fourth-order valence-electron chi connectivity index (χ4n) is 3.65. The van der Waals surface area contributed by atoms with Gasteiger partial charge >= 0.3 is 0 Å². The van der Waals surface area contributed by atoms with Crippen molar-refractivity contribution in [2.75, 3.05) is 5.75 Å². The van der Waals surface area contributed by atoms with Gasteiger partial charge in [-0.15, -0.1) is 0 Å². The van der Waals surface area contributed by atoms with Crippen molar-refractivity contribution < 1.29 is 9.72 Å². The van der Waals surface area contributed by atoms with Gasteiger partial charge in [0.2, 0.25) is 5.91 Å². The maximum Gasteiger partial charge on any atom is 0.269 e. The number of carbonyl (C=O) groups excluding carboxylic acids is 1. The Morgan fingerprint density at radius 2 is 1.58 bits per heavy atom. The van der Waals surface area contributed by atoms with Crippen molar-refractivity contribution in [3.05, 3.63) is 88.5 Å². The third-order valence-electron chi connectivity index (χ3n) is 5.16. The fraction of sp³-hybridized carbons (Fsp3) is 0.0870. The number of amidine groups is 1. The summed E-state index contributed by atoms with van der Waals surface area (Å²) in [4.78, 5) is 34.2. The summed E-state index contributed by atoms with van der Waals surface area (Å²) in [5.74, 6) is 0.294. The highest BCUT2D eigenvalue weighted by atomic mass is 32.2. The Bertz CT molecular complexity index is 1310. The number of thioether (sulfide) groups is 1. The lowest BCUT2D eigenvalue weighted by Crippen LogP contribution is -2.29. The molecule has 1 aromatic heterocycles. The molecule has 1 aliphatic rings. The average molecular weight is 428 g/mol. The predicted octanol–water partition coefficient (Wildman–Crippen LogP) is 5.06. The normalized spacial score (nSPS) is 15.3. The monoisotopic (exact) mass is 428 g/mol. The van der Waals surface area contributed by atoms with Crippen molar-refractivity contribution in [3.8, 4) is 0 Å². The van der Waals surface area contributed by atoms with Gasteiger partial charge in [-0.05, 0) is 29.8 Å². The van der Waals surface area contributed by atoms with E-state index in [-0.39, 0.29) is 11.6 Å². The van der Waals surface area contributed by atoms with Crippen LogP contribution >= 0.6 is 11.8 Å². The predicted molar refractivity (Wildman–Crippen MR) is 122 cm³/mol. The van der Waals surface area contributed by atoms with Crippen LogP contribution in [0.25, 0.3) is 21.8 Å². The molecule has 1 amide bonds. The molecule has 0 spiro atoms. The molecule has 31 heavy (non-hydrogen) atoms. The van der Waals surface area contributed by atoms with Crippen LogP contribution in [0, 0.1) is 10.1 Å². The molecule has 1 saturated heterocycles. The second-order valence-corrected chi connectivity index (χ2v) is 8.00. The highest BCUT2D eigenvalue weighted by molar-refractivity contribution is 8.15. The Labute approximate surface area is 181 Å². The van der Waals surface area contributed by atoms with Gasteiger partial charge in [0.15, 0.2) is 5.17 Å². The summed E-state index contributed by atoms with van der Waals surface area (Å²) in [5.41, 5.74) is 3.35. The molecule has 0 atom stereocenters. The van der Waals surface area contributed by atoms with Gasteiger partial charge in [0, 0.05) is 22.9 Å². The SMILES string of the molecule is O=C1CSC(=Nc2ccc([N+](=O)[O-])cc2)N1Cc1c2ccccc2nc2ccccc12. The molecule has 5 rings (SSSR count). The van der Waals surface area contributed by atoms with E-state index < -0.39 is 4.92 Å². The minimum atomic E-state index is -0.448. The van der Waals surface area contributed by atoms with Crippen LogP contribution < -0.4 is 0 Å². The molecule has 8 heteroatoms. The van der Waals surface area contributed by atoms with Crippen LogP contribution in [0.3, 0.4) is 0 Å². The second kappa shape index (κ2) is 7.81. The van der Waals surface area contributed by atoms with E-state index >= 15 is 0 Å². The largest absolute Gasteiger partial charge is 0.286 e. The van der Waals surface area contributed by atoms with Gasteiger partial charge < -0.3 is 0 Å². The zero-order chi connectivity index (χ0) is 21.4. The molecular formula is C23H16N4O3S.